The van der Waals surface area contributed by atoms with Gasteiger partial charge in [0.2, 0.25) is 5.91 Å². The molecule has 140 valence electrons. The molecule has 1 aliphatic carbocycles. The van der Waals surface area contributed by atoms with Crippen molar-refractivity contribution < 1.29 is 18.0 Å². The Morgan fingerprint density at radius 2 is 1.96 bits per heavy atom. The van der Waals surface area contributed by atoms with E-state index in [4.69, 9.17) is 5.73 Å². The van der Waals surface area contributed by atoms with Crippen LogP contribution in [0.5, 0.6) is 0 Å². The Hall–Kier alpha value is -2.35. The zero-order chi connectivity index (χ0) is 18.7. The first-order valence-corrected chi connectivity index (χ1v) is 8.57. The van der Waals surface area contributed by atoms with Crippen LogP contribution in [0.15, 0.2) is 36.5 Å². The third kappa shape index (κ3) is 4.43. The van der Waals surface area contributed by atoms with Crippen molar-refractivity contribution in [3.63, 3.8) is 0 Å². The van der Waals surface area contributed by atoms with Crippen molar-refractivity contribution in [2.45, 2.75) is 44.4 Å². The van der Waals surface area contributed by atoms with Gasteiger partial charge in [0.25, 0.3) is 0 Å². The fourth-order valence-corrected chi connectivity index (χ4v) is 3.22. The van der Waals surface area contributed by atoms with Crippen LogP contribution in [0.1, 0.15) is 36.9 Å². The van der Waals surface area contributed by atoms with Crippen molar-refractivity contribution in [2.24, 2.45) is 11.7 Å². The van der Waals surface area contributed by atoms with Gasteiger partial charge in [0.1, 0.15) is 0 Å². The van der Waals surface area contributed by atoms with E-state index in [0.29, 0.717) is 18.7 Å². The van der Waals surface area contributed by atoms with Crippen LogP contribution in [-0.4, -0.2) is 21.7 Å². The first-order chi connectivity index (χ1) is 12.3. The molecule has 26 heavy (non-hydrogen) atoms. The molecule has 1 saturated carbocycles. The Labute approximate surface area is 149 Å². The van der Waals surface area contributed by atoms with Gasteiger partial charge in [0.05, 0.1) is 5.69 Å². The van der Waals surface area contributed by atoms with Crippen LogP contribution in [0.4, 0.5) is 13.2 Å². The zero-order valence-electron chi connectivity index (χ0n) is 14.2. The first kappa shape index (κ1) is 18.4. The van der Waals surface area contributed by atoms with Gasteiger partial charge >= 0.3 is 6.18 Å². The highest BCUT2D eigenvalue weighted by molar-refractivity contribution is 5.76. The lowest BCUT2D eigenvalue weighted by atomic mass is 10.00. The van der Waals surface area contributed by atoms with E-state index in [9.17, 15) is 18.0 Å². The summed E-state index contributed by atoms with van der Waals surface area (Å²) in [6.45, 7) is 0.369. The number of amides is 1. The Bertz CT molecular complexity index is 755. The van der Waals surface area contributed by atoms with Gasteiger partial charge in [0, 0.05) is 25.2 Å². The molecule has 3 rings (SSSR count). The molecule has 1 fully saturated rings. The van der Waals surface area contributed by atoms with E-state index in [1.807, 2.05) is 0 Å². The summed E-state index contributed by atoms with van der Waals surface area (Å²) in [5.74, 6) is 0.221. The standard InChI is InChI=1S/C18H21F3N4O/c19-18(20,21)16-8-9-25(24-16)14-6-4-12(5-7-14)11-23-17(26)10-13-2-1-3-15(13)22/h4-9,13,15H,1-3,10-11,22H2,(H,23,26)/t13-,15+/m0/s1. The van der Waals surface area contributed by atoms with E-state index in [1.165, 1.54) is 10.9 Å². The van der Waals surface area contributed by atoms with Gasteiger partial charge in [-0.3, -0.25) is 4.79 Å². The smallest absolute Gasteiger partial charge is 0.352 e. The Kier molecular flexibility index (Phi) is 5.31. The number of carbonyl (C=O) groups is 1. The van der Waals surface area contributed by atoms with Crippen molar-refractivity contribution in [2.75, 3.05) is 0 Å². The topological polar surface area (TPSA) is 72.9 Å². The van der Waals surface area contributed by atoms with Crippen molar-refractivity contribution in [3.05, 3.63) is 47.8 Å². The molecule has 1 aromatic carbocycles. The zero-order valence-corrected chi connectivity index (χ0v) is 14.2. The Morgan fingerprint density at radius 3 is 2.54 bits per heavy atom. The van der Waals surface area contributed by atoms with Crippen LogP contribution < -0.4 is 11.1 Å². The Balaban J connectivity index is 1.54. The molecule has 0 spiro atoms. The fourth-order valence-electron chi connectivity index (χ4n) is 3.22. The highest BCUT2D eigenvalue weighted by Crippen LogP contribution is 2.28. The van der Waals surface area contributed by atoms with Crippen LogP contribution >= 0.6 is 0 Å². The number of hydrogen-bond donors (Lipinski definition) is 2. The van der Waals surface area contributed by atoms with Crippen molar-refractivity contribution >= 4 is 5.91 Å². The molecule has 1 heterocycles. The molecule has 1 amide bonds. The van der Waals surface area contributed by atoms with Gasteiger partial charge in [-0.1, -0.05) is 18.6 Å². The summed E-state index contributed by atoms with van der Waals surface area (Å²) in [4.78, 5) is 12.0. The second kappa shape index (κ2) is 7.49. The number of benzene rings is 1. The summed E-state index contributed by atoms with van der Waals surface area (Å²) in [7, 11) is 0. The quantitative estimate of drug-likeness (QED) is 0.854. The van der Waals surface area contributed by atoms with E-state index in [2.05, 4.69) is 10.4 Å². The first-order valence-electron chi connectivity index (χ1n) is 8.57. The van der Waals surface area contributed by atoms with Crippen LogP contribution in [0.3, 0.4) is 0 Å². The lowest BCUT2D eigenvalue weighted by molar-refractivity contribution is -0.141. The lowest BCUT2D eigenvalue weighted by Crippen LogP contribution is -2.31. The van der Waals surface area contributed by atoms with Crippen molar-refractivity contribution in [3.8, 4) is 5.69 Å². The monoisotopic (exact) mass is 366 g/mol. The van der Waals surface area contributed by atoms with Crippen LogP contribution in [0.25, 0.3) is 5.69 Å². The normalized spacial score (nSPS) is 20.3. The number of alkyl halides is 3. The highest BCUT2D eigenvalue weighted by Gasteiger charge is 2.33. The predicted octanol–water partition coefficient (Wildman–Crippen LogP) is 3.02. The maximum atomic E-state index is 12.6. The van der Waals surface area contributed by atoms with Gasteiger partial charge in [-0.2, -0.15) is 18.3 Å². The molecule has 0 bridgehead atoms. The molecule has 1 aliphatic rings. The maximum Gasteiger partial charge on any atom is 0.435 e. The molecule has 8 heteroatoms. The molecule has 3 N–H and O–H groups in total. The number of nitrogens with zero attached hydrogens (tertiary/aromatic N) is 2. The molecule has 2 atom stereocenters. The minimum absolute atomic E-state index is 0.0293. The molecule has 0 aliphatic heterocycles. The summed E-state index contributed by atoms with van der Waals surface area (Å²) in [6, 6.07) is 7.89. The van der Waals surface area contributed by atoms with Gasteiger partial charge in [-0.15, -0.1) is 0 Å². The summed E-state index contributed by atoms with van der Waals surface area (Å²) >= 11 is 0. The lowest BCUT2D eigenvalue weighted by Gasteiger charge is -2.14. The number of carbonyl (C=O) groups excluding carboxylic acids is 1. The average molecular weight is 366 g/mol. The number of nitrogens with two attached hydrogens (primary N) is 1. The molecule has 2 aromatic rings. The summed E-state index contributed by atoms with van der Waals surface area (Å²) in [5, 5.41) is 6.39. The second-order valence-corrected chi connectivity index (χ2v) is 6.65. The summed E-state index contributed by atoms with van der Waals surface area (Å²) < 4.78 is 39.0. The number of rotatable bonds is 5. The van der Waals surface area contributed by atoms with E-state index in [-0.39, 0.29) is 17.9 Å². The molecule has 0 radical (unpaired) electrons. The van der Waals surface area contributed by atoms with Crippen LogP contribution in [-0.2, 0) is 17.5 Å². The fraction of sp³-hybridized carbons (Fsp3) is 0.444. The second-order valence-electron chi connectivity index (χ2n) is 6.65. The van der Waals surface area contributed by atoms with E-state index >= 15 is 0 Å². The summed E-state index contributed by atoms with van der Waals surface area (Å²) in [5.41, 5.74) is 6.43. The van der Waals surface area contributed by atoms with Gasteiger partial charge < -0.3 is 11.1 Å². The van der Waals surface area contributed by atoms with Gasteiger partial charge in [0.15, 0.2) is 5.69 Å². The third-order valence-corrected chi connectivity index (χ3v) is 4.74. The molecule has 1 aromatic heterocycles. The predicted molar refractivity (Wildman–Crippen MR) is 90.3 cm³/mol. The third-order valence-electron chi connectivity index (χ3n) is 4.74. The Morgan fingerprint density at radius 1 is 1.23 bits per heavy atom. The van der Waals surface area contributed by atoms with Gasteiger partial charge in [-0.25, -0.2) is 4.68 Å². The molecule has 0 saturated heterocycles. The molecular weight excluding hydrogens is 345 g/mol. The minimum Gasteiger partial charge on any atom is -0.352 e. The number of aromatic nitrogens is 2. The SMILES string of the molecule is N[C@@H]1CCC[C@H]1CC(=O)NCc1ccc(-n2ccc(C(F)(F)F)n2)cc1. The van der Waals surface area contributed by atoms with E-state index in [0.717, 1.165) is 30.9 Å². The van der Waals surface area contributed by atoms with Crippen LogP contribution in [0, 0.1) is 5.92 Å². The largest absolute Gasteiger partial charge is 0.435 e. The minimum atomic E-state index is -4.46. The van der Waals surface area contributed by atoms with E-state index in [1.54, 1.807) is 24.3 Å². The van der Waals surface area contributed by atoms with E-state index < -0.39 is 11.9 Å². The molecular formula is C18H21F3N4O. The van der Waals surface area contributed by atoms with Crippen molar-refractivity contribution in [1.82, 2.24) is 15.1 Å². The maximum absolute atomic E-state index is 12.6. The van der Waals surface area contributed by atoms with Crippen molar-refractivity contribution in [1.29, 1.82) is 0 Å². The molecule has 5 nitrogen and oxygen atoms in total. The summed E-state index contributed by atoms with van der Waals surface area (Å²) in [6.07, 6.45) is 0.286. The number of nitrogens with one attached hydrogen (secondary N) is 1. The average Bonchev–Trinajstić information content (AvgIpc) is 3.23. The highest BCUT2D eigenvalue weighted by atomic mass is 19.4. The number of halogens is 3. The van der Waals surface area contributed by atoms with Gasteiger partial charge in [-0.05, 0) is 42.5 Å². The number of hydrogen-bond acceptors (Lipinski definition) is 3. The van der Waals surface area contributed by atoms with Crippen LogP contribution in [0.2, 0.25) is 0 Å². The molecule has 0 unspecified atom stereocenters.